The molecule has 26 heavy (non-hydrogen) atoms. The molecular formula is C18H26FN3O4. The van der Waals surface area contributed by atoms with E-state index in [-0.39, 0.29) is 18.4 Å². The van der Waals surface area contributed by atoms with Gasteiger partial charge in [-0.25, -0.2) is 0 Å². The van der Waals surface area contributed by atoms with Crippen molar-refractivity contribution in [1.29, 1.82) is 0 Å². The molecule has 1 aliphatic heterocycles. The number of amides is 3. The summed E-state index contributed by atoms with van der Waals surface area (Å²) >= 11 is 0. The molecule has 0 radical (unpaired) electrons. The second-order valence-corrected chi connectivity index (χ2v) is 7.05. The number of nitrogens with zero attached hydrogens (tertiary/aromatic N) is 1. The number of hydrogen-bond donors (Lipinski definition) is 2. The van der Waals surface area contributed by atoms with Crippen molar-refractivity contribution in [3.05, 3.63) is 12.7 Å². The third-order valence-corrected chi connectivity index (χ3v) is 4.92. The number of carbonyl (C=O) groups is 4. The van der Waals surface area contributed by atoms with Crippen molar-refractivity contribution in [3.8, 4) is 0 Å². The van der Waals surface area contributed by atoms with Gasteiger partial charge in [-0.3, -0.25) is 19.2 Å². The number of rotatable bonds is 9. The Labute approximate surface area is 152 Å². The van der Waals surface area contributed by atoms with Gasteiger partial charge < -0.3 is 15.5 Å². The van der Waals surface area contributed by atoms with Crippen LogP contribution in [0.4, 0.5) is 4.39 Å². The predicted octanol–water partition coefficient (Wildman–Crippen LogP) is 0.697. The monoisotopic (exact) mass is 367 g/mol. The number of likely N-dealkylation sites (tertiary alicyclic amines) is 1. The first kappa shape index (κ1) is 20.1. The molecule has 1 saturated carbocycles. The molecule has 1 heterocycles. The van der Waals surface area contributed by atoms with Crippen molar-refractivity contribution < 1.29 is 23.6 Å². The van der Waals surface area contributed by atoms with Crippen LogP contribution in [0.15, 0.2) is 12.7 Å². The van der Waals surface area contributed by atoms with Gasteiger partial charge in [0.1, 0.15) is 12.1 Å². The second kappa shape index (κ2) is 8.91. The first-order valence-corrected chi connectivity index (χ1v) is 9.02. The van der Waals surface area contributed by atoms with Crippen LogP contribution in [0, 0.1) is 11.8 Å². The fraction of sp³-hybridized carbons (Fsp3) is 0.667. The van der Waals surface area contributed by atoms with E-state index in [0.717, 1.165) is 12.8 Å². The zero-order chi connectivity index (χ0) is 19.3. The van der Waals surface area contributed by atoms with Gasteiger partial charge in [-0.1, -0.05) is 13.0 Å². The summed E-state index contributed by atoms with van der Waals surface area (Å²) in [6.07, 6.45) is 4.97. The van der Waals surface area contributed by atoms with Gasteiger partial charge in [0.05, 0.1) is 6.54 Å². The van der Waals surface area contributed by atoms with Crippen LogP contribution < -0.4 is 10.6 Å². The molecule has 0 aromatic carbocycles. The Hall–Kier alpha value is -2.25. The largest absolute Gasteiger partial charge is 0.347 e. The predicted molar refractivity (Wildman–Crippen MR) is 92.5 cm³/mol. The van der Waals surface area contributed by atoms with Crippen LogP contribution >= 0.6 is 0 Å². The molecule has 1 saturated heterocycles. The summed E-state index contributed by atoms with van der Waals surface area (Å²) < 4.78 is 13.2. The van der Waals surface area contributed by atoms with Crippen molar-refractivity contribution in [2.45, 2.75) is 51.1 Å². The zero-order valence-corrected chi connectivity index (χ0v) is 15.0. The first-order chi connectivity index (χ1) is 12.3. The highest BCUT2D eigenvalue weighted by molar-refractivity contribution is 5.92. The van der Waals surface area contributed by atoms with E-state index in [2.05, 4.69) is 17.2 Å². The molecule has 1 aliphatic carbocycles. The maximum absolute atomic E-state index is 13.2. The highest BCUT2D eigenvalue weighted by atomic mass is 19.1. The SMILES string of the molecule is C=CC(C)[C@@H](NC(=O)[C@@H]1CCCN1C(=O)CNC(=O)CC1CC1)C(=O)F. The average molecular weight is 367 g/mol. The van der Waals surface area contributed by atoms with E-state index in [1.54, 1.807) is 6.92 Å². The molecule has 2 N–H and O–H groups in total. The molecular weight excluding hydrogens is 341 g/mol. The Morgan fingerprint density at radius 3 is 2.54 bits per heavy atom. The number of halogens is 1. The smallest absolute Gasteiger partial charge is 0.324 e. The van der Waals surface area contributed by atoms with Gasteiger partial charge >= 0.3 is 6.04 Å². The van der Waals surface area contributed by atoms with Crippen molar-refractivity contribution in [2.75, 3.05) is 13.1 Å². The lowest BCUT2D eigenvalue weighted by atomic mass is 10.0. The third kappa shape index (κ3) is 5.37. The molecule has 3 amide bonds. The van der Waals surface area contributed by atoms with Gasteiger partial charge in [0.2, 0.25) is 17.7 Å². The van der Waals surface area contributed by atoms with Crippen molar-refractivity contribution in [3.63, 3.8) is 0 Å². The summed E-state index contributed by atoms with van der Waals surface area (Å²) in [5.41, 5.74) is 0. The van der Waals surface area contributed by atoms with Crippen LogP contribution in [-0.4, -0.2) is 53.8 Å². The lowest BCUT2D eigenvalue weighted by Crippen LogP contribution is -2.53. The average Bonchev–Trinajstić information content (AvgIpc) is 3.27. The lowest BCUT2D eigenvalue weighted by molar-refractivity contribution is -0.141. The van der Waals surface area contributed by atoms with E-state index in [1.807, 2.05) is 0 Å². The minimum Gasteiger partial charge on any atom is -0.347 e. The molecule has 3 atom stereocenters. The molecule has 0 spiro atoms. The molecule has 1 unspecified atom stereocenters. The van der Waals surface area contributed by atoms with E-state index in [0.29, 0.717) is 31.7 Å². The molecule has 0 aromatic rings. The highest BCUT2D eigenvalue weighted by Crippen LogP contribution is 2.32. The van der Waals surface area contributed by atoms with Crippen LogP contribution in [0.1, 0.15) is 39.0 Å². The Bertz CT molecular complexity index is 591. The summed E-state index contributed by atoms with van der Waals surface area (Å²) in [5.74, 6) is -1.22. The maximum Gasteiger partial charge on any atom is 0.324 e. The van der Waals surface area contributed by atoms with Crippen LogP contribution in [0.2, 0.25) is 0 Å². The molecule has 8 heteroatoms. The van der Waals surface area contributed by atoms with Gasteiger partial charge in [0, 0.05) is 18.9 Å². The van der Waals surface area contributed by atoms with E-state index in [4.69, 9.17) is 0 Å². The Morgan fingerprint density at radius 1 is 1.27 bits per heavy atom. The molecule has 0 bridgehead atoms. The zero-order valence-electron chi connectivity index (χ0n) is 15.0. The molecule has 2 aliphatic rings. The van der Waals surface area contributed by atoms with Gasteiger partial charge in [0.25, 0.3) is 0 Å². The summed E-state index contributed by atoms with van der Waals surface area (Å²) in [4.78, 5) is 49.0. The van der Waals surface area contributed by atoms with Crippen LogP contribution in [0.5, 0.6) is 0 Å². The van der Waals surface area contributed by atoms with Crippen molar-refractivity contribution in [1.82, 2.24) is 15.5 Å². The summed E-state index contributed by atoms with van der Waals surface area (Å²) in [6, 6.07) is -3.72. The van der Waals surface area contributed by atoms with Crippen LogP contribution in [0.3, 0.4) is 0 Å². The molecule has 2 fully saturated rings. The van der Waals surface area contributed by atoms with E-state index in [9.17, 15) is 23.6 Å². The van der Waals surface area contributed by atoms with Gasteiger partial charge in [0.15, 0.2) is 0 Å². The maximum atomic E-state index is 13.2. The Balaban J connectivity index is 1.89. The van der Waals surface area contributed by atoms with Gasteiger partial charge in [-0.2, -0.15) is 4.39 Å². The lowest BCUT2D eigenvalue weighted by Gasteiger charge is -2.26. The topological polar surface area (TPSA) is 95.6 Å². The quantitative estimate of drug-likeness (QED) is 0.463. The summed E-state index contributed by atoms with van der Waals surface area (Å²) in [6.45, 7) is 5.30. The summed E-state index contributed by atoms with van der Waals surface area (Å²) in [5, 5.41) is 4.96. The highest BCUT2D eigenvalue weighted by Gasteiger charge is 2.36. The standard InChI is InChI=1S/C18H26FN3O4/c1-3-11(2)16(17(19)25)21-18(26)13-5-4-8-22(13)15(24)10-20-14(23)9-12-6-7-12/h3,11-13,16H,1,4-10H2,2H3,(H,20,23)(H,21,26)/t11?,13-,16+/m0/s1. The minimum absolute atomic E-state index is 0.163. The molecule has 0 aromatic heterocycles. The third-order valence-electron chi connectivity index (χ3n) is 4.92. The van der Waals surface area contributed by atoms with Crippen molar-refractivity contribution in [2.24, 2.45) is 11.8 Å². The Kier molecular flexibility index (Phi) is 6.88. The first-order valence-electron chi connectivity index (χ1n) is 9.02. The fourth-order valence-electron chi connectivity index (χ4n) is 3.05. The van der Waals surface area contributed by atoms with Gasteiger partial charge in [-0.05, 0) is 31.6 Å². The van der Waals surface area contributed by atoms with Crippen LogP contribution in [-0.2, 0) is 19.2 Å². The van der Waals surface area contributed by atoms with E-state index >= 15 is 0 Å². The number of nitrogens with one attached hydrogen (secondary N) is 2. The number of hydrogen-bond acceptors (Lipinski definition) is 4. The van der Waals surface area contributed by atoms with Crippen molar-refractivity contribution >= 4 is 23.8 Å². The molecule has 7 nitrogen and oxygen atoms in total. The van der Waals surface area contributed by atoms with Gasteiger partial charge in [-0.15, -0.1) is 6.58 Å². The summed E-state index contributed by atoms with van der Waals surface area (Å²) in [7, 11) is 0. The van der Waals surface area contributed by atoms with Crippen LogP contribution in [0.25, 0.3) is 0 Å². The molecule has 144 valence electrons. The second-order valence-electron chi connectivity index (χ2n) is 7.05. The normalized spacial score (nSPS) is 21.6. The fourth-order valence-corrected chi connectivity index (χ4v) is 3.05. The minimum atomic E-state index is -1.64. The van der Waals surface area contributed by atoms with E-state index < -0.39 is 29.9 Å². The Morgan fingerprint density at radius 2 is 1.96 bits per heavy atom. The van der Waals surface area contributed by atoms with E-state index in [1.165, 1.54) is 11.0 Å². The molecule has 2 rings (SSSR count). The number of carbonyl (C=O) groups excluding carboxylic acids is 4.